The zero-order chi connectivity index (χ0) is 8.55. The molecule has 0 aromatic carbocycles. The summed E-state index contributed by atoms with van der Waals surface area (Å²) in [6.07, 6.45) is 4.54. The maximum atomic E-state index is 11.3. The number of nitrogens with zero attached hydrogens (tertiary/aromatic N) is 1. The average molecular weight is 169 g/mol. The summed E-state index contributed by atoms with van der Waals surface area (Å²) >= 11 is 0. The minimum Gasteiger partial charge on any atom is -0.444 e. The molecule has 0 saturated carbocycles. The summed E-state index contributed by atoms with van der Waals surface area (Å²) in [6.45, 7) is 2.98. The summed E-state index contributed by atoms with van der Waals surface area (Å²) in [7, 11) is 0. The summed E-state index contributed by atoms with van der Waals surface area (Å²) in [5.74, 6) is 0. The second-order valence-electron chi connectivity index (χ2n) is 3.59. The molecule has 3 nitrogen and oxygen atoms in total. The van der Waals surface area contributed by atoms with E-state index in [9.17, 15) is 4.79 Å². The van der Waals surface area contributed by atoms with Gasteiger partial charge in [-0.25, -0.2) is 4.79 Å². The Bertz CT molecular complexity index is 193. The van der Waals surface area contributed by atoms with Gasteiger partial charge in [0.15, 0.2) is 0 Å². The Labute approximate surface area is 72.7 Å². The highest BCUT2D eigenvalue weighted by molar-refractivity contribution is 5.70. The number of piperidine rings is 1. The van der Waals surface area contributed by atoms with Gasteiger partial charge in [-0.15, -0.1) is 0 Å². The van der Waals surface area contributed by atoms with Crippen LogP contribution in [0.4, 0.5) is 4.79 Å². The van der Waals surface area contributed by atoms with Gasteiger partial charge >= 0.3 is 6.09 Å². The third-order valence-corrected chi connectivity index (χ3v) is 2.87. The van der Waals surface area contributed by atoms with Crippen LogP contribution < -0.4 is 0 Å². The van der Waals surface area contributed by atoms with E-state index >= 15 is 0 Å². The molecule has 2 aliphatic heterocycles. The second kappa shape index (κ2) is 2.96. The zero-order valence-electron chi connectivity index (χ0n) is 7.45. The van der Waals surface area contributed by atoms with Crippen molar-refractivity contribution < 1.29 is 9.53 Å². The van der Waals surface area contributed by atoms with Crippen molar-refractivity contribution in [3.05, 3.63) is 0 Å². The number of carbonyl (C=O) groups is 1. The van der Waals surface area contributed by atoms with Crippen molar-refractivity contribution in [2.45, 2.75) is 44.8 Å². The summed E-state index contributed by atoms with van der Waals surface area (Å²) in [4.78, 5) is 13.2. The van der Waals surface area contributed by atoms with Crippen LogP contribution >= 0.6 is 0 Å². The molecule has 2 aliphatic rings. The molecule has 3 heteroatoms. The van der Waals surface area contributed by atoms with Crippen LogP contribution in [0.25, 0.3) is 0 Å². The Hall–Kier alpha value is -0.730. The first-order valence-electron chi connectivity index (χ1n) is 4.80. The van der Waals surface area contributed by atoms with Crippen molar-refractivity contribution in [2.24, 2.45) is 0 Å². The first-order chi connectivity index (χ1) is 5.83. The van der Waals surface area contributed by atoms with Crippen LogP contribution in [0, 0.1) is 0 Å². The highest BCUT2D eigenvalue weighted by atomic mass is 16.6. The molecule has 0 aliphatic carbocycles. The lowest BCUT2D eigenvalue weighted by atomic mass is 9.98. The van der Waals surface area contributed by atoms with Crippen molar-refractivity contribution in [2.75, 3.05) is 6.54 Å². The van der Waals surface area contributed by atoms with Crippen LogP contribution in [0.1, 0.15) is 32.6 Å². The molecule has 1 amide bonds. The van der Waals surface area contributed by atoms with Crippen LogP contribution in [0.2, 0.25) is 0 Å². The van der Waals surface area contributed by atoms with Gasteiger partial charge in [-0.2, -0.15) is 0 Å². The Balaban J connectivity index is 2.10. The highest BCUT2D eigenvalue weighted by Crippen LogP contribution is 2.29. The van der Waals surface area contributed by atoms with Gasteiger partial charge in [0, 0.05) is 6.54 Å². The monoisotopic (exact) mass is 169 g/mol. The number of amides is 1. The molecule has 0 spiro atoms. The summed E-state index contributed by atoms with van der Waals surface area (Å²) in [5.41, 5.74) is 0. The lowest BCUT2D eigenvalue weighted by Crippen LogP contribution is -2.40. The van der Waals surface area contributed by atoms with E-state index in [0.29, 0.717) is 6.04 Å². The summed E-state index contributed by atoms with van der Waals surface area (Å²) in [6, 6.07) is 0.385. The molecule has 0 N–H and O–H groups in total. The smallest absolute Gasteiger partial charge is 0.410 e. The van der Waals surface area contributed by atoms with E-state index in [0.717, 1.165) is 25.8 Å². The number of fused-ring (bicyclic) bond motifs is 1. The molecule has 68 valence electrons. The molecule has 0 unspecified atom stereocenters. The Morgan fingerprint density at radius 1 is 1.58 bits per heavy atom. The molecule has 2 rings (SSSR count). The molecule has 2 fully saturated rings. The Kier molecular flexibility index (Phi) is 1.95. The Morgan fingerprint density at radius 2 is 2.42 bits per heavy atom. The van der Waals surface area contributed by atoms with Crippen LogP contribution in [0.3, 0.4) is 0 Å². The first-order valence-corrected chi connectivity index (χ1v) is 4.80. The lowest BCUT2D eigenvalue weighted by Gasteiger charge is -2.28. The fourth-order valence-corrected chi connectivity index (χ4v) is 2.20. The van der Waals surface area contributed by atoms with Crippen molar-refractivity contribution in [3.8, 4) is 0 Å². The van der Waals surface area contributed by atoms with E-state index in [2.05, 4.69) is 6.92 Å². The number of ether oxygens (including phenoxy) is 1. The maximum absolute atomic E-state index is 11.3. The second-order valence-corrected chi connectivity index (χ2v) is 3.59. The molecule has 0 aromatic rings. The van der Waals surface area contributed by atoms with Crippen LogP contribution in [-0.4, -0.2) is 29.7 Å². The van der Waals surface area contributed by atoms with Gasteiger partial charge < -0.3 is 9.64 Å². The van der Waals surface area contributed by atoms with E-state index in [1.165, 1.54) is 6.42 Å². The summed E-state index contributed by atoms with van der Waals surface area (Å²) in [5, 5.41) is 0. The van der Waals surface area contributed by atoms with Gasteiger partial charge in [0.25, 0.3) is 0 Å². The van der Waals surface area contributed by atoms with Crippen LogP contribution in [-0.2, 0) is 4.74 Å². The van der Waals surface area contributed by atoms with Gasteiger partial charge in [-0.3, -0.25) is 0 Å². The number of hydrogen-bond acceptors (Lipinski definition) is 2. The first kappa shape index (κ1) is 7.90. The number of carbonyl (C=O) groups excluding carboxylic acids is 1. The topological polar surface area (TPSA) is 29.5 Å². The third kappa shape index (κ3) is 1.08. The van der Waals surface area contributed by atoms with E-state index in [1.54, 1.807) is 0 Å². The normalized spacial score (nSPS) is 34.8. The van der Waals surface area contributed by atoms with Gasteiger partial charge in [-0.05, 0) is 25.7 Å². The average Bonchev–Trinajstić information content (AvgIpc) is 2.44. The molecule has 0 aromatic heterocycles. The van der Waals surface area contributed by atoms with Crippen molar-refractivity contribution in [1.29, 1.82) is 0 Å². The fourth-order valence-electron chi connectivity index (χ4n) is 2.20. The van der Waals surface area contributed by atoms with Crippen LogP contribution in [0.5, 0.6) is 0 Å². The molecular weight excluding hydrogens is 154 g/mol. The highest BCUT2D eigenvalue weighted by Gasteiger charge is 2.41. The number of rotatable bonds is 1. The minimum absolute atomic E-state index is 0.0912. The van der Waals surface area contributed by atoms with Gasteiger partial charge in [0.2, 0.25) is 0 Å². The number of hydrogen-bond donors (Lipinski definition) is 0. The molecule has 0 radical (unpaired) electrons. The Morgan fingerprint density at radius 3 is 3.17 bits per heavy atom. The number of cyclic esters (lactones) is 1. The summed E-state index contributed by atoms with van der Waals surface area (Å²) < 4.78 is 5.24. The lowest BCUT2D eigenvalue weighted by molar-refractivity contribution is 0.127. The van der Waals surface area contributed by atoms with Crippen molar-refractivity contribution >= 4 is 6.09 Å². The molecule has 2 saturated heterocycles. The zero-order valence-corrected chi connectivity index (χ0v) is 7.45. The largest absolute Gasteiger partial charge is 0.444 e. The van der Waals surface area contributed by atoms with Crippen molar-refractivity contribution in [3.63, 3.8) is 0 Å². The predicted octanol–water partition coefficient (Wildman–Crippen LogP) is 1.77. The van der Waals surface area contributed by atoms with Gasteiger partial charge in [0.1, 0.15) is 6.10 Å². The standard InChI is InChI=1S/C9H15NO2/c1-2-8-7-5-3-4-6-10(7)9(11)12-8/h7-8H,2-6H2,1H3/t7-,8+/m0/s1. The predicted molar refractivity (Wildman–Crippen MR) is 44.9 cm³/mol. The molecular formula is C9H15NO2. The van der Waals surface area contributed by atoms with E-state index in [4.69, 9.17) is 4.74 Å². The third-order valence-electron chi connectivity index (χ3n) is 2.87. The quantitative estimate of drug-likeness (QED) is 0.598. The van der Waals surface area contributed by atoms with Gasteiger partial charge in [0.05, 0.1) is 6.04 Å². The van der Waals surface area contributed by atoms with E-state index < -0.39 is 0 Å². The molecule has 2 heterocycles. The SMILES string of the molecule is CC[C@H]1OC(=O)N2CCCC[C@@H]12. The molecule has 0 bridgehead atoms. The maximum Gasteiger partial charge on any atom is 0.410 e. The minimum atomic E-state index is -0.0912. The van der Waals surface area contributed by atoms with E-state index in [1.807, 2.05) is 4.90 Å². The van der Waals surface area contributed by atoms with Crippen molar-refractivity contribution in [1.82, 2.24) is 4.90 Å². The molecule has 12 heavy (non-hydrogen) atoms. The molecule has 2 atom stereocenters. The van der Waals surface area contributed by atoms with E-state index in [-0.39, 0.29) is 12.2 Å². The van der Waals surface area contributed by atoms with Crippen LogP contribution in [0.15, 0.2) is 0 Å². The van der Waals surface area contributed by atoms with Gasteiger partial charge in [-0.1, -0.05) is 6.92 Å². The fraction of sp³-hybridized carbons (Fsp3) is 0.889.